The number of carbonyl (C=O) groups is 2. The van der Waals surface area contributed by atoms with Gasteiger partial charge in [-0.05, 0) is 45.4 Å². The summed E-state index contributed by atoms with van der Waals surface area (Å²) in [6, 6.07) is 8.98. The summed E-state index contributed by atoms with van der Waals surface area (Å²) >= 11 is 1.50. The van der Waals surface area contributed by atoms with Crippen LogP contribution in [0.2, 0.25) is 0 Å². The van der Waals surface area contributed by atoms with Gasteiger partial charge in [0.2, 0.25) is 11.1 Å². The molecule has 1 amide bonds. The van der Waals surface area contributed by atoms with Crippen molar-refractivity contribution >= 4 is 34.9 Å². The SMILES string of the molecule is CC(=O)c1ccccc1NC(=O)CCCSc1nc2nc(C)cc(C)n2n1. The fraction of sp³-hybridized carbons (Fsp3) is 0.316. The molecule has 0 aliphatic heterocycles. The molecule has 0 saturated heterocycles. The van der Waals surface area contributed by atoms with Crippen LogP contribution >= 0.6 is 11.8 Å². The van der Waals surface area contributed by atoms with E-state index in [0.717, 1.165) is 17.1 Å². The van der Waals surface area contributed by atoms with E-state index in [1.165, 1.54) is 18.7 Å². The molecule has 3 aromatic rings. The van der Waals surface area contributed by atoms with Crippen LogP contribution in [-0.4, -0.2) is 37.0 Å². The second-order valence-corrected chi connectivity index (χ2v) is 7.31. The van der Waals surface area contributed by atoms with Crippen molar-refractivity contribution in [2.24, 2.45) is 0 Å². The zero-order chi connectivity index (χ0) is 19.4. The number of hydrogen-bond donors (Lipinski definition) is 1. The van der Waals surface area contributed by atoms with Gasteiger partial charge in [-0.3, -0.25) is 9.59 Å². The second-order valence-electron chi connectivity index (χ2n) is 6.25. The van der Waals surface area contributed by atoms with Crippen LogP contribution in [-0.2, 0) is 4.79 Å². The number of thioether (sulfide) groups is 1. The molecule has 0 bridgehead atoms. The van der Waals surface area contributed by atoms with Crippen molar-refractivity contribution in [1.29, 1.82) is 0 Å². The fourth-order valence-corrected chi connectivity index (χ4v) is 3.47. The lowest BCUT2D eigenvalue weighted by Gasteiger charge is -2.08. The summed E-state index contributed by atoms with van der Waals surface area (Å²) in [6.07, 6.45) is 1.04. The van der Waals surface area contributed by atoms with Crippen molar-refractivity contribution in [1.82, 2.24) is 19.6 Å². The normalized spacial score (nSPS) is 10.9. The van der Waals surface area contributed by atoms with E-state index in [4.69, 9.17) is 0 Å². The largest absolute Gasteiger partial charge is 0.325 e. The maximum absolute atomic E-state index is 12.1. The number of nitrogens with zero attached hydrogens (tertiary/aromatic N) is 4. The lowest BCUT2D eigenvalue weighted by atomic mass is 10.1. The van der Waals surface area contributed by atoms with Gasteiger partial charge in [0.25, 0.3) is 5.78 Å². The first-order chi connectivity index (χ1) is 12.9. The van der Waals surface area contributed by atoms with Crippen molar-refractivity contribution in [2.75, 3.05) is 11.1 Å². The highest BCUT2D eigenvalue weighted by atomic mass is 32.2. The van der Waals surface area contributed by atoms with Crippen LogP contribution in [0.15, 0.2) is 35.5 Å². The molecule has 27 heavy (non-hydrogen) atoms. The maximum Gasteiger partial charge on any atom is 0.253 e. The third-order valence-corrected chi connectivity index (χ3v) is 4.88. The van der Waals surface area contributed by atoms with Crippen molar-refractivity contribution in [3.8, 4) is 0 Å². The van der Waals surface area contributed by atoms with E-state index in [-0.39, 0.29) is 11.7 Å². The predicted octanol–water partition coefficient (Wildman–Crippen LogP) is 3.45. The zero-order valence-corrected chi connectivity index (χ0v) is 16.3. The topological polar surface area (TPSA) is 89.2 Å². The fourth-order valence-electron chi connectivity index (χ4n) is 2.72. The van der Waals surface area contributed by atoms with Gasteiger partial charge in [-0.25, -0.2) is 9.50 Å². The molecule has 140 valence electrons. The number of para-hydroxylation sites is 1. The Morgan fingerprint density at radius 1 is 1.19 bits per heavy atom. The Bertz CT molecular complexity index is 999. The predicted molar refractivity (Wildman–Crippen MR) is 105 cm³/mol. The summed E-state index contributed by atoms with van der Waals surface area (Å²) in [5.74, 6) is 1.13. The molecule has 0 aliphatic rings. The molecule has 3 rings (SSSR count). The van der Waals surface area contributed by atoms with Crippen LogP contribution in [0, 0.1) is 13.8 Å². The monoisotopic (exact) mass is 383 g/mol. The molecule has 0 atom stereocenters. The third kappa shape index (κ3) is 4.71. The van der Waals surface area contributed by atoms with Crippen molar-refractivity contribution in [3.05, 3.63) is 47.3 Å². The summed E-state index contributed by atoms with van der Waals surface area (Å²) < 4.78 is 1.72. The molecule has 0 aliphatic carbocycles. The highest BCUT2D eigenvalue weighted by Gasteiger charge is 2.11. The molecule has 0 saturated carbocycles. The van der Waals surface area contributed by atoms with Crippen LogP contribution in [0.3, 0.4) is 0 Å². The first kappa shape index (κ1) is 19.0. The van der Waals surface area contributed by atoms with E-state index >= 15 is 0 Å². The van der Waals surface area contributed by atoms with Gasteiger partial charge in [0.1, 0.15) is 0 Å². The lowest BCUT2D eigenvalue weighted by molar-refractivity contribution is -0.116. The Balaban J connectivity index is 1.51. The Kier molecular flexibility index (Phi) is 5.85. The molecule has 1 aromatic carbocycles. The number of nitrogens with one attached hydrogen (secondary N) is 1. The van der Waals surface area contributed by atoms with Crippen molar-refractivity contribution in [3.63, 3.8) is 0 Å². The van der Waals surface area contributed by atoms with E-state index in [9.17, 15) is 9.59 Å². The van der Waals surface area contributed by atoms with Gasteiger partial charge in [0.05, 0.1) is 5.69 Å². The standard InChI is InChI=1S/C19H21N5O2S/c1-12-11-13(2)24-18(20-12)22-19(23-24)27-10-6-9-17(26)21-16-8-5-4-7-15(16)14(3)25/h4-5,7-8,11H,6,9-10H2,1-3H3,(H,21,26). The van der Waals surface area contributed by atoms with Gasteiger partial charge in [0.15, 0.2) is 5.78 Å². The van der Waals surface area contributed by atoms with Crippen LogP contribution in [0.25, 0.3) is 5.78 Å². The Hall–Kier alpha value is -2.74. The number of anilines is 1. The van der Waals surface area contributed by atoms with Gasteiger partial charge in [0, 0.05) is 29.1 Å². The average molecular weight is 383 g/mol. The van der Waals surface area contributed by atoms with Gasteiger partial charge in [-0.15, -0.1) is 5.10 Å². The number of Topliss-reactive ketones (excluding diaryl/α,β-unsaturated/α-hetero) is 1. The second kappa shape index (κ2) is 8.30. The van der Waals surface area contributed by atoms with Crippen LogP contribution in [0.5, 0.6) is 0 Å². The highest BCUT2D eigenvalue weighted by Crippen LogP contribution is 2.18. The Morgan fingerprint density at radius 2 is 1.96 bits per heavy atom. The summed E-state index contributed by atoms with van der Waals surface area (Å²) in [6.45, 7) is 5.38. The quantitative estimate of drug-likeness (QED) is 0.382. The van der Waals surface area contributed by atoms with Gasteiger partial charge >= 0.3 is 0 Å². The molecule has 0 unspecified atom stereocenters. The molecule has 0 fully saturated rings. The number of carbonyl (C=O) groups excluding carboxylic acids is 2. The number of aromatic nitrogens is 4. The Labute approximate surface area is 161 Å². The van der Waals surface area contributed by atoms with Crippen molar-refractivity contribution in [2.45, 2.75) is 38.8 Å². The minimum Gasteiger partial charge on any atom is -0.325 e. The Morgan fingerprint density at radius 3 is 2.74 bits per heavy atom. The molecule has 1 N–H and O–H groups in total. The minimum atomic E-state index is -0.111. The zero-order valence-electron chi connectivity index (χ0n) is 15.5. The number of rotatable bonds is 7. The molecule has 2 aromatic heterocycles. The highest BCUT2D eigenvalue weighted by molar-refractivity contribution is 7.99. The van der Waals surface area contributed by atoms with E-state index in [1.54, 1.807) is 28.8 Å². The van der Waals surface area contributed by atoms with Gasteiger partial charge < -0.3 is 5.32 Å². The smallest absolute Gasteiger partial charge is 0.253 e. The molecular weight excluding hydrogens is 362 g/mol. The molecule has 2 heterocycles. The lowest BCUT2D eigenvalue weighted by Crippen LogP contribution is -2.14. The molecule has 0 spiro atoms. The number of hydrogen-bond acceptors (Lipinski definition) is 6. The number of fused-ring (bicyclic) bond motifs is 1. The number of benzene rings is 1. The van der Waals surface area contributed by atoms with E-state index in [2.05, 4.69) is 20.4 Å². The van der Waals surface area contributed by atoms with Crippen molar-refractivity contribution < 1.29 is 9.59 Å². The molecule has 7 nitrogen and oxygen atoms in total. The summed E-state index contributed by atoms with van der Waals surface area (Å²) in [5, 5.41) is 7.90. The number of amides is 1. The molecule has 8 heteroatoms. The van der Waals surface area contributed by atoms with Crippen LogP contribution in [0.1, 0.15) is 41.5 Å². The summed E-state index contributed by atoms with van der Waals surface area (Å²) in [5.41, 5.74) is 2.97. The minimum absolute atomic E-state index is 0.0708. The summed E-state index contributed by atoms with van der Waals surface area (Å²) in [7, 11) is 0. The van der Waals surface area contributed by atoms with Gasteiger partial charge in [-0.1, -0.05) is 23.9 Å². The van der Waals surface area contributed by atoms with E-state index in [1.807, 2.05) is 19.9 Å². The van der Waals surface area contributed by atoms with Gasteiger partial charge in [-0.2, -0.15) is 4.98 Å². The maximum atomic E-state index is 12.1. The number of ketones is 1. The van der Waals surface area contributed by atoms with Crippen LogP contribution < -0.4 is 5.32 Å². The first-order valence-electron chi connectivity index (χ1n) is 8.67. The molecular formula is C19H21N5O2S. The number of aryl methyl sites for hydroxylation is 2. The average Bonchev–Trinajstić information content (AvgIpc) is 3.02. The summed E-state index contributed by atoms with van der Waals surface area (Å²) in [4.78, 5) is 32.5. The third-order valence-electron chi connectivity index (χ3n) is 3.96. The first-order valence-corrected chi connectivity index (χ1v) is 9.66. The van der Waals surface area contributed by atoms with E-state index in [0.29, 0.717) is 35.0 Å². The molecule has 0 radical (unpaired) electrons. The van der Waals surface area contributed by atoms with E-state index < -0.39 is 0 Å². The van der Waals surface area contributed by atoms with Crippen LogP contribution in [0.4, 0.5) is 5.69 Å².